The van der Waals surface area contributed by atoms with Crippen molar-refractivity contribution in [2.75, 3.05) is 6.54 Å². The summed E-state index contributed by atoms with van der Waals surface area (Å²) in [5.74, 6) is -0.401. The molecule has 0 radical (unpaired) electrons. The van der Waals surface area contributed by atoms with Crippen LogP contribution in [0.25, 0.3) is 0 Å². The molecule has 4 nitrogen and oxygen atoms in total. The van der Waals surface area contributed by atoms with Crippen LogP contribution in [0.2, 0.25) is 0 Å². The molecule has 0 amide bonds. The monoisotopic (exact) mass is 327 g/mol. The van der Waals surface area contributed by atoms with Gasteiger partial charge in [0.05, 0.1) is 0 Å². The number of aryl methyl sites for hydroxylation is 2. The number of hydrogen-bond donors (Lipinski definition) is 2. The lowest BCUT2D eigenvalue weighted by atomic mass is 9.97. The van der Waals surface area contributed by atoms with Gasteiger partial charge in [0, 0.05) is 32.4 Å². The number of hydrogen-bond acceptors (Lipinski definition) is 3. The van der Waals surface area contributed by atoms with Crippen molar-refractivity contribution < 1.29 is 18.3 Å². The SMILES string of the molecule is Cc1cccc(CNCCC(O)(c2nccn2C)C(F)(F)F)c1. The van der Waals surface area contributed by atoms with Gasteiger partial charge in [0.2, 0.25) is 5.60 Å². The van der Waals surface area contributed by atoms with Crippen molar-refractivity contribution in [1.29, 1.82) is 0 Å². The van der Waals surface area contributed by atoms with Crippen LogP contribution in [0.1, 0.15) is 23.4 Å². The van der Waals surface area contributed by atoms with Crippen LogP contribution in [0, 0.1) is 6.92 Å². The molecule has 0 spiro atoms. The summed E-state index contributed by atoms with van der Waals surface area (Å²) in [5, 5.41) is 13.1. The van der Waals surface area contributed by atoms with E-state index in [1.54, 1.807) is 0 Å². The zero-order chi connectivity index (χ0) is 17.1. The summed E-state index contributed by atoms with van der Waals surface area (Å²) >= 11 is 0. The number of halogens is 3. The van der Waals surface area contributed by atoms with Crippen LogP contribution in [0.15, 0.2) is 36.7 Å². The van der Waals surface area contributed by atoms with Gasteiger partial charge in [-0.15, -0.1) is 0 Å². The molecule has 0 aliphatic carbocycles. The van der Waals surface area contributed by atoms with E-state index in [0.29, 0.717) is 6.54 Å². The molecule has 2 N–H and O–H groups in total. The molecule has 0 fully saturated rings. The zero-order valence-corrected chi connectivity index (χ0v) is 13.1. The second-order valence-corrected chi connectivity index (χ2v) is 5.64. The molecule has 126 valence electrons. The number of aromatic nitrogens is 2. The Kier molecular flexibility index (Phi) is 5.11. The van der Waals surface area contributed by atoms with Crippen LogP contribution in [0.4, 0.5) is 13.2 Å². The summed E-state index contributed by atoms with van der Waals surface area (Å²) in [4.78, 5) is 3.67. The van der Waals surface area contributed by atoms with Crippen LogP contribution in [0.3, 0.4) is 0 Å². The number of benzene rings is 1. The van der Waals surface area contributed by atoms with Gasteiger partial charge < -0.3 is 15.0 Å². The van der Waals surface area contributed by atoms with E-state index in [0.717, 1.165) is 11.1 Å². The third-order valence-electron chi connectivity index (χ3n) is 3.74. The predicted octanol–water partition coefficient (Wildman–Crippen LogP) is 2.66. The lowest BCUT2D eigenvalue weighted by Gasteiger charge is -2.30. The van der Waals surface area contributed by atoms with E-state index in [4.69, 9.17) is 0 Å². The van der Waals surface area contributed by atoms with Gasteiger partial charge in [-0.05, 0) is 19.0 Å². The van der Waals surface area contributed by atoms with Crippen LogP contribution in [-0.4, -0.2) is 27.4 Å². The highest BCUT2D eigenvalue weighted by Crippen LogP contribution is 2.40. The smallest absolute Gasteiger partial charge is 0.374 e. The third kappa shape index (κ3) is 3.92. The van der Waals surface area contributed by atoms with Crippen LogP contribution < -0.4 is 5.32 Å². The molecular weight excluding hydrogens is 307 g/mol. The molecular formula is C16H20F3N3O. The van der Waals surface area contributed by atoms with E-state index in [1.165, 1.54) is 24.0 Å². The Labute approximate surface area is 133 Å². The van der Waals surface area contributed by atoms with Crippen molar-refractivity contribution in [3.8, 4) is 0 Å². The zero-order valence-electron chi connectivity index (χ0n) is 13.1. The third-order valence-corrected chi connectivity index (χ3v) is 3.74. The fourth-order valence-electron chi connectivity index (χ4n) is 2.47. The molecule has 0 aliphatic heterocycles. The summed E-state index contributed by atoms with van der Waals surface area (Å²) in [6.45, 7) is 2.40. The number of imidazole rings is 1. The van der Waals surface area contributed by atoms with Crippen molar-refractivity contribution in [2.24, 2.45) is 7.05 Å². The summed E-state index contributed by atoms with van der Waals surface area (Å²) in [6.07, 6.45) is -2.68. The standard InChI is InChI=1S/C16H20F3N3O/c1-12-4-3-5-13(10-12)11-20-7-6-15(23,16(17,18)19)14-21-8-9-22(14)2/h3-5,8-10,20,23H,6-7,11H2,1-2H3. The Hall–Kier alpha value is -1.86. The molecule has 7 heteroatoms. The molecule has 0 aliphatic rings. The van der Waals surface area contributed by atoms with E-state index < -0.39 is 24.0 Å². The maximum atomic E-state index is 13.3. The van der Waals surface area contributed by atoms with Crippen LogP contribution >= 0.6 is 0 Å². The first-order chi connectivity index (χ1) is 10.7. The molecule has 1 atom stereocenters. The van der Waals surface area contributed by atoms with Crippen molar-refractivity contribution in [2.45, 2.75) is 31.7 Å². The van der Waals surface area contributed by atoms with Crippen molar-refractivity contribution in [3.05, 3.63) is 53.6 Å². The summed E-state index contributed by atoms with van der Waals surface area (Å²) < 4.78 is 41.1. The quantitative estimate of drug-likeness (QED) is 0.802. The van der Waals surface area contributed by atoms with E-state index in [9.17, 15) is 18.3 Å². The highest BCUT2D eigenvalue weighted by molar-refractivity contribution is 5.22. The molecule has 1 unspecified atom stereocenters. The molecule has 23 heavy (non-hydrogen) atoms. The fourth-order valence-corrected chi connectivity index (χ4v) is 2.47. The Morgan fingerprint density at radius 3 is 2.61 bits per heavy atom. The number of nitrogens with zero attached hydrogens (tertiary/aromatic N) is 2. The average Bonchev–Trinajstić information content (AvgIpc) is 2.89. The first-order valence-electron chi connectivity index (χ1n) is 7.27. The van der Waals surface area contributed by atoms with E-state index >= 15 is 0 Å². The van der Waals surface area contributed by atoms with Crippen LogP contribution in [0.5, 0.6) is 0 Å². The minimum absolute atomic E-state index is 0.0107. The Morgan fingerprint density at radius 2 is 2.04 bits per heavy atom. The van der Waals surface area contributed by atoms with Gasteiger partial charge >= 0.3 is 6.18 Å². The predicted molar refractivity (Wildman–Crippen MR) is 80.7 cm³/mol. The Morgan fingerprint density at radius 1 is 1.30 bits per heavy atom. The molecule has 1 heterocycles. The average molecular weight is 327 g/mol. The molecule has 0 bridgehead atoms. The normalized spacial score (nSPS) is 14.7. The van der Waals surface area contributed by atoms with Gasteiger partial charge in [0.25, 0.3) is 0 Å². The van der Waals surface area contributed by atoms with Crippen molar-refractivity contribution >= 4 is 0 Å². The second kappa shape index (κ2) is 6.72. The molecule has 0 saturated carbocycles. The number of rotatable bonds is 6. The largest absolute Gasteiger partial charge is 0.424 e. The second-order valence-electron chi connectivity index (χ2n) is 5.64. The van der Waals surface area contributed by atoms with E-state index in [1.807, 2.05) is 31.2 Å². The highest BCUT2D eigenvalue weighted by Gasteiger charge is 2.56. The van der Waals surface area contributed by atoms with Crippen LogP contribution in [-0.2, 0) is 19.2 Å². The van der Waals surface area contributed by atoms with Crippen molar-refractivity contribution in [1.82, 2.24) is 14.9 Å². The Balaban J connectivity index is 2.01. The summed E-state index contributed by atoms with van der Waals surface area (Å²) in [7, 11) is 1.43. The number of alkyl halides is 3. The topological polar surface area (TPSA) is 50.1 Å². The van der Waals surface area contributed by atoms with Gasteiger partial charge in [0.1, 0.15) is 5.82 Å². The van der Waals surface area contributed by atoms with Gasteiger partial charge in [0.15, 0.2) is 0 Å². The maximum absolute atomic E-state index is 13.3. The van der Waals surface area contributed by atoms with E-state index in [-0.39, 0.29) is 6.54 Å². The number of nitrogens with one attached hydrogen (secondary N) is 1. The number of aliphatic hydroxyl groups is 1. The van der Waals surface area contributed by atoms with Gasteiger partial charge in [-0.2, -0.15) is 13.2 Å². The lowest BCUT2D eigenvalue weighted by Crippen LogP contribution is -2.46. The van der Waals surface area contributed by atoms with Gasteiger partial charge in [-0.1, -0.05) is 29.8 Å². The molecule has 1 aromatic carbocycles. The first kappa shape index (κ1) is 17.5. The lowest BCUT2D eigenvalue weighted by molar-refractivity contribution is -0.272. The van der Waals surface area contributed by atoms with Gasteiger partial charge in [-0.3, -0.25) is 0 Å². The molecule has 0 saturated heterocycles. The highest BCUT2D eigenvalue weighted by atomic mass is 19.4. The molecule has 2 rings (SSSR count). The maximum Gasteiger partial charge on any atom is 0.424 e. The minimum atomic E-state index is -4.79. The van der Waals surface area contributed by atoms with Crippen molar-refractivity contribution in [3.63, 3.8) is 0 Å². The molecule has 2 aromatic rings. The Bertz CT molecular complexity index is 654. The molecule has 1 aromatic heterocycles. The van der Waals surface area contributed by atoms with Gasteiger partial charge in [-0.25, -0.2) is 4.98 Å². The summed E-state index contributed by atoms with van der Waals surface area (Å²) in [5.41, 5.74) is -0.896. The first-order valence-corrected chi connectivity index (χ1v) is 7.27. The fraction of sp³-hybridized carbons (Fsp3) is 0.438. The minimum Gasteiger partial charge on any atom is -0.374 e. The summed E-state index contributed by atoms with van der Waals surface area (Å²) in [6, 6.07) is 7.70. The van der Waals surface area contributed by atoms with E-state index in [2.05, 4.69) is 10.3 Å².